The highest BCUT2D eigenvalue weighted by molar-refractivity contribution is 7.22. The van der Waals surface area contributed by atoms with E-state index in [2.05, 4.69) is 9.97 Å². The molecule has 0 radical (unpaired) electrons. The summed E-state index contributed by atoms with van der Waals surface area (Å²) in [4.78, 5) is 23.4. The number of nitrogens with zero attached hydrogens (tertiary/aromatic N) is 3. The fraction of sp³-hybridized carbons (Fsp3) is 0.174. The van der Waals surface area contributed by atoms with Crippen LogP contribution in [0.3, 0.4) is 0 Å². The Balaban J connectivity index is 1.71. The first-order valence-corrected chi connectivity index (χ1v) is 10.6. The minimum absolute atomic E-state index is 0.135. The van der Waals surface area contributed by atoms with E-state index in [1.165, 1.54) is 28.4 Å². The van der Waals surface area contributed by atoms with Crippen LogP contribution in [-0.4, -0.2) is 22.5 Å². The molecule has 0 aliphatic rings. The van der Waals surface area contributed by atoms with E-state index >= 15 is 0 Å². The summed E-state index contributed by atoms with van der Waals surface area (Å²) in [6, 6.07) is 13.2. The van der Waals surface area contributed by atoms with Crippen LogP contribution in [-0.2, 0) is 12.7 Å². The van der Waals surface area contributed by atoms with Gasteiger partial charge in [-0.2, -0.15) is 13.2 Å². The summed E-state index contributed by atoms with van der Waals surface area (Å²) < 4.78 is 45.1. The third-order valence-electron chi connectivity index (χ3n) is 4.66. The number of amides is 1. The molecule has 4 aromatic rings. The minimum atomic E-state index is -4.47. The van der Waals surface area contributed by atoms with E-state index in [4.69, 9.17) is 4.74 Å². The van der Waals surface area contributed by atoms with Crippen molar-refractivity contribution in [2.24, 2.45) is 0 Å². The summed E-state index contributed by atoms with van der Waals surface area (Å²) in [6.45, 7) is 2.59. The molecule has 5 nitrogen and oxygen atoms in total. The van der Waals surface area contributed by atoms with E-state index in [0.29, 0.717) is 23.0 Å². The molecule has 9 heteroatoms. The molecule has 1 amide bonds. The van der Waals surface area contributed by atoms with Crippen LogP contribution in [0.15, 0.2) is 67.0 Å². The number of rotatable bonds is 6. The Morgan fingerprint density at radius 2 is 1.91 bits per heavy atom. The molecule has 4 rings (SSSR count). The van der Waals surface area contributed by atoms with E-state index in [0.717, 1.165) is 22.4 Å². The molecule has 0 saturated heterocycles. The smallest absolute Gasteiger partial charge is 0.416 e. The van der Waals surface area contributed by atoms with Crippen molar-refractivity contribution >= 4 is 32.6 Å². The van der Waals surface area contributed by atoms with Gasteiger partial charge in [0, 0.05) is 18.0 Å². The lowest BCUT2D eigenvalue weighted by atomic mass is 10.1. The number of halogens is 3. The van der Waals surface area contributed by atoms with Crippen molar-refractivity contribution in [3.63, 3.8) is 0 Å². The predicted octanol–water partition coefficient (Wildman–Crippen LogP) is 5.96. The average Bonchev–Trinajstić information content (AvgIpc) is 3.20. The molecule has 0 saturated carbocycles. The topological polar surface area (TPSA) is 55.3 Å². The number of ether oxygens (including phenoxy) is 1. The molecule has 0 bridgehead atoms. The molecule has 164 valence electrons. The van der Waals surface area contributed by atoms with Gasteiger partial charge in [0.1, 0.15) is 5.75 Å². The first kappa shape index (κ1) is 21.8. The van der Waals surface area contributed by atoms with Gasteiger partial charge in [-0.15, -0.1) is 0 Å². The molecule has 0 atom stereocenters. The molecule has 2 heterocycles. The summed E-state index contributed by atoms with van der Waals surface area (Å²) in [6.07, 6.45) is -1.21. The number of anilines is 1. The highest BCUT2D eigenvalue weighted by Crippen LogP contribution is 2.34. The van der Waals surface area contributed by atoms with Crippen molar-refractivity contribution < 1.29 is 22.7 Å². The normalized spacial score (nSPS) is 11.5. The van der Waals surface area contributed by atoms with E-state index in [9.17, 15) is 18.0 Å². The molecule has 0 fully saturated rings. The second-order valence-corrected chi connectivity index (χ2v) is 7.90. The Morgan fingerprint density at radius 1 is 1.12 bits per heavy atom. The summed E-state index contributed by atoms with van der Waals surface area (Å²) in [7, 11) is 0. The number of aromatic nitrogens is 2. The molecular formula is C23H18F3N3O2S. The van der Waals surface area contributed by atoms with Crippen molar-refractivity contribution in [2.75, 3.05) is 11.5 Å². The van der Waals surface area contributed by atoms with Gasteiger partial charge in [0.15, 0.2) is 5.13 Å². The lowest BCUT2D eigenvalue weighted by Gasteiger charge is -2.20. The Bertz CT molecular complexity index is 1220. The maximum atomic E-state index is 13.3. The van der Waals surface area contributed by atoms with Gasteiger partial charge in [-0.25, -0.2) is 4.98 Å². The van der Waals surface area contributed by atoms with Crippen LogP contribution in [0.2, 0.25) is 0 Å². The van der Waals surface area contributed by atoms with Crippen molar-refractivity contribution in [1.82, 2.24) is 9.97 Å². The molecule has 32 heavy (non-hydrogen) atoms. The van der Waals surface area contributed by atoms with E-state index in [-0.39, 0.29) is 12.1 Å². The number of fused-ring (bicyclic) bond motifs is 1. The Morgan fingerprint density at radius 3 is 2.56 bits per heavy atom. The van der Waals surface area contributed by atoms with E-state index < -0.39 is 17.6 Å². The minimum Gasteiger partial charge on any atom is -0.494 e. The van der Waals surface area contributed by atoms with Crippen LogP contribution in [0.4, 0.5) is 18.3 Å². The lowest BCUT2D eigenvalue weighted by Crippen LogP contribution is -2.30. The van der Waals surface area contributed by atoms with Crippen molar-refractivity contribution in [2.45, 2.75) is 19.6 Å². The second kappa shape index (κ2) is 8.96. The fourth-order valence-corrected chi connectivity index (χ4v) is 4.11. The van der Waals surface area contributed by atoms with Gasteiger partial charge in [-0.3, -0.25) is 14.7 Å². The SMILES string of the molecule is CCOc1ccc2nc(N(Cc3cccnc3)C(=O)c3ccc(C(F)(F)F)cc3)sc2c1. The van der Waals surface area contributed by atoms with Gasteiger partial charge in [-0.1, -0.05) is 17.4 Å². The van der Waals surface area contributed by atoms with Crippen LogP contribution in [0.25, 0.3) is 10.2 Å². The van der Waals surface area contributed by atoms with Gasteiger partial charge in [0.25, 0.3) is 5.91 Å². The van der Waals surface area contributed by atoms with Crippen molar-refractivity contribution in [3.8, 4) is 5.75 Å². The highest BCUT2D eigenvalue weighted by Gasteiger charge is 2.31. The molecule has 0 N–H and O–H groups in total. The number of thiazole rings is 1. The molecule has 2 aromatic carbocycles. The first-order valence-electron chi connectivity index (χ1n) is 9.76. The Labute approximate surface area is 186 Å². The number of benzene rings is 2. The highest BCUT2D eigenvalue weighted by atomic mass is 32.1. The van der Waals surface area contributed by atoms with E-state index in [1.54, 1.807) is 24.5 Å². The Hall–Kier alpha value is -3.46. The maximum absolute atomic E-state index is 13.3. The zero-order valence-electron chi connectivity index (χ0n) is 17.0. The number of hydrogen-bond donors (Lipinski definition) is 0. The summed E-state index contributed by atoms with van der Waals surface area (Å²) in [5.41, 5.74) is 0.791. The number of carbonyl (C=O) groups is 1. The van der Waals surface area contributed by atoms with Crippen LogP contribution in [0, 0.1) is 0 Å². The lowest BCUT2D eigenvalue weighted by molar-refractivity contribution is -0.137. The van der Waals surface area contributed by atoms with Crippen molar-refractivity contribution in [3.05, 3.63) is 83.7 Å². The summed E-state index contributed by atoms with van der Waals surface area (Å²) in [5.74, 6) is 0.245. The monoisotopic (exact) mass is 457 g/mol. The second-order valence-electron chi connectivity index (χ2n) is 6.89. The molecule has 0 spiro atoms. The summed E-state index contributed by atoms with van der Waals surface area (Å²) >= 11 is 1.31. The third kappa shape index (κ3) is 4.72. The zero-order chi connectivity index (χ0) is 22.7. The van der Waals surface area contributed by atoms with Crippen LogP contribution in [0.5, 0.6) is 5.75 Å². The molecule has 0 aliphatic carbocycles. The largest absolute Gasteiger partial charge is 0.494 e. The Kier molecular flexibility index (Phi) is 6.09. The van der Waals surface area contributed by atoms with Gasteiger partial charge in [-0.05, 0) is 61.0 Å². The number of hydrogen-bond acceptors (Lipinski definition) is 5. The van der Waals surface area contributed by atoms with Gasteiger partial charge >= 0.3 is 6.18 Å². The van der Waals surface area contributed by atoms with Crippen LogP contribution in [0.1, 0.15) is 28.4 Å². The molecule has 0 aliphatic heterocycles. The number of carbonyl (C=O) groups excluding carboxylic acids is 1. The standard InChI is InChI=1S/C23H18F3N3O2S/c1-2-31-18-9-10-19-20(12-18)32-22(28-19)29(14-15-4-3-11-27-13-15)21(30)16-5-7-17(8-6-16)23(24,25)26/h3-13H,2,14H2,1H3. The zero-order valence-corrected chi connectivity index (χ0v) is 17.8. The van der Waals surface area contributed by atoms with Crippen LogP contribution >= 0.6 is 11.3 Å². The summed E-state index contributed by atoms with van der Waals surface area (Å²) in [5, 5.41) is 0.433. The maximum Gasteiger partial charge on any atom is 0.416 e. The molecular weight excluding hydrogens is 439 g/mol. The molecule has 2 aromatic heterocycles. The number of pyridine rings is 1. The average molecular weight is 457 g/mol. The fourth-order valence-electron chi connectivity index (χ4n) is 3.12. The number of alkyl halides is 3. The van der Waals surface area contributed by atoms with Crippen molar-refractivity contribution in [1.29, 1.82) is 0 Å². The third-order valence-corrected chi connectivity index (χ3v) is 5.70. The molecule has 0 unspecified atom stereocenters. The van der Waals surface area contributed by atoms with Gasteiger partial charge in [0.05, 0.1) is 28.9 Å². The quantitative estimate of drug-likeness (QED) is 0.359. The van der Waals surface area contributed by atoms with Gasteiger partial charge < -0.3 is 4.74 Å². The van der Waals surface area contributed by atoms with Gasteiger partial charge in [0.2, 0.25) is 0 Å². The van der Waals surface area contributed by atoms with E-state index in [1.807, 2.05) is 25.1 Å². The van der Waals surface area contributed by atoms with Crippen LogP contribution < -0.4 is 9.64 Å². The predicted molar refractivity (Wildman–Crippen MR) is 117 cm³/mol. The first-order chi connectivity index (χ1) is 15.3.